The molecule has 0 aromatic carbocycles. The molecule has 0 spiro atoms. The Balaban J connectivity index is 1.67. The normalized spacial score (nSPS) is 18.1. The van der Waals surface area contributed by atoms with Gasteiger partial charge in [-0.2, -0.15) is 0 Å². The molecule has 0 aliphatic heterocycles. The maximum absolute atomic E-state index is 6.02. The Morgan fingerprint density at radius 3 is 2.93 bits per heavy atom. The summed E-state index contributed by atoms with van der Waals surface area (Å²) in [5, 5.41) is 0. The van der Waals surface area contributed by atoms with Crippen LogP contribution in [0.3, 0.4) is 0 Å². The van der Waals surface area contributed by atoms with Crippen molar-refractivity contribution in [2.45, 2.75) is 38.1 Å². The van der Waals surface area contributed by atoms with Crippen LogP contribution in [0.4, 0.5) is 0 Å². The number of aryl methyl sites for hydroxylation is 1. The van der Waals surface area contributed by atoms with Gasteiger partial charge in [-0.1, -0.05) is 6.07 Å². The highest BCUT2D eigenvalue weighted by Crippen LogP contribution is 2.33. The van der Waals surface area contributed by atoms with E-state index in [0.29, 0.717) is 6.04 Å². The summed E-state index contributed by atoms with van der Waals surface area (Å²) < 4.78 is 0. The van der Waals surface area contributed by atoms with Gasteiger partial charge in [-0.15, -0.1) is 0 Å². The number of nitrogens with zero attached hydrogens (tertiary/aromatic N) is 1. The van der Waals surface area contributed by atoms with E-state index in [1.807, 2.05) is 18.3 Å². The minimum Gasteiger partial charge on any atom is -0.327 e. The molecule has 0 bridgehead atoms. The minimum atomic E-state index is 0.443. The fourth-order valence-electron chi connectivity index (χ4n) is 1.82. The average Bonchev–Trinajstić information content (AvgIpc) is 3.02. The molecule has 1 heterocycles. The van der Waals surface area contributed by atoms with E-state index in [2.05, 4.69) is 11.1 Å². The molecule has 1 saturated carbocycles. The summed E-state index contributed by atoms with van der Waals surface area (Å²) in [7, 11) is 0. The smallest absolute Gasteiger partial charge is 0.0403 e. The third-order valence-electron chi connectivity index (χ3n) is 2.92. The lowest BCUT2D eigenvalue weighted by atomic mass is 10.1. The highest BCUT2D eigenvalue weighted by Gasteiger charge is 2.27. The number of hydrogen-bond donors (Lipinski definition) is 1. The molecule has 1 unspecified atom stereocenters. The fraction of sp³-hybridized carbons (Fsp3) is 0.583. The lowest BCUT2D eigenvalue weighted by Gasteiger charge is -2.08. The van der Waals surface area contributed by atoms with Crippen LogP contribution < -0.4 is 5.73 Å². The van der Waals surface area contributed by atoms with Crippen molar-refractivity contribution in [3.63, 3.8) is 0 Å². The van der Waals surface area contributed by atoms with Crippen molar-refractivity contribution in [3.8, 4) is 0 Å². The van der Waals surface area contributed by atoms with Crippen LogP contribution in [0.1, 0.15) is 31.4 Å². The Morgan fingerprint density at radius 2 is 2.29 bits per heavy atom. The Bertz CT molecular complexity index is 267. The molecule has 1 aliphatic carbocycles. The molecule has 1 aromatic heterocycles. The van der Waals surface area contributed by atoms with Gasteiger partial charge in [0.05, 0.1) is 0 Å². The van der Waals surface area contributed by atoms with E-state index in [4.69, 9.17) is 5.73 Å². The zero-order valence-corrected chi connectivity index (χ0v) is 8.52. The first-order valence-electron chi connectivity index (χ1n) is 5.52. The molecule has 0 radical (unpaired) electrons. The predicted octanol–water partition coefficient (Wildman–Crippen LogP) is 2.14. The predicted molar refractivity (Wildman–Crippen MR) is 57.9 cm³/mol. The standard InChI is InChI=1S/C12H18N2/c13-12(10-7-8-10)6-3-5-11-4-1-2-9-14-11/h1-2,4,9-10,12H,3,5-8,13H2. The van der Waals surface area contributed by atoms with Crippen molar-refractivity contribution >= 4 is 0 Å². The summed E-state index contributed by atoms with van der Waals surface area (Å²) in [6, 6.07) is 6.53. The number of rotatable bonds is 5. The van der Waals surface area contributed by atoms with Gasteiger partial charge in [0.2, 0.25) is 0 Å². The van der Waals surface area contributed by atoms with Crippen LogP contribution in [0.25, 0.3) is 0 Å². The molecule has 1 aliphatic rings. The molecule has 1 atom stereocenters. The summed E-state index contributed by atoms with van der Waals surface area (Å²) >= 11 is 0. The van der Waals surface area contributed by atoms with Crippen molar-refractivity contribution in [2.75, 3.05) is 0 Å². The lowest BCUT2D eigenvalue weighted by Crippen LogP contribution is -2.22. The average molecular weight is 190 g/mol. The highest BCUT2D eigenvalue weighted by molar-refractivity contribution is 5.03. The summed E-state index contributed by atoms with van der Waals surface area (Å²) in [4.78, 5) is 4.30. The number of aromatic nitrogens is 1. The van der Waals surface area contributed by atoms with Gasteiger partial charge in [0.25, 0.3) is 0 Å². The van der Waals surface area contributed by atoms with Gasteiger partial charge < -0.3 is 5.73 Å². The summed E-state index contributed by atoms with van der Waals surface area (Å²) in [5.74, 6) is 0.832. The first kappa shape index (κ1) is 9.66. The van der Waals surface area contributed by atoms with Gasteiger partial charge in [0, 0.05) is 17.9 Å². The molecule has 14 heavy (non-hydrogen) atoms. The topological polar surface area (TPSA) is 38.9 Å². The Labute approximate surface area is 85.5 Å². The molecule has 0 saturated heterocycles. The van der Waals surface area contributed by atoms with E-state index in [-0.39, 0.29) is 0 Å². The quantitative estimate of drug-likeness (QED) is 0.772. The summed E-state index contributed by atoms with van der Waals surface area (Å²) in [5.41, 5.74) is 7.21. The van der Waals surface area contributed by atoms with Crippen LogP contribution in [0.2, 0.25) is 0 Å². The van der Waals surface area contributed by atoms with Crippen molar-refractivity contribution < 1.29 is 0 Å². The van der Waals surface area contributed by atoms with E-state index in [0.717, 1.165) is 18.8 Å². The molecule has 2 N–H and O–H groups in total. The van der Waals surface area contributed by atoms with Crippen LogP contribution in [-0.4, -0.2) is 11.0 Å². The van der Waals surface area contributed by atoms with E-state index >= 15 is 0 Å². The second kappa shape index (κ2) is 4.56. The lowest BCUT2D eigenvalue weighted by molar-refractivity contribution is 0.527. The van der Waals surface area contributed by atoms with Crippen molar-refractivity contribution in [2.24, 2.45) is 11.7 Å². The van der Waals surface area contributed by atoms with Crippen molar-refractivity contribution in [1.29, 1.82) is 0 Å². The van der Waals surface area contributed by atoms with Crippen LogP contribution in [0.5, 0.6) is 0 Å². The van der Waals surface area contributed by atoms with Gasteiger partial charge >= 0.3 is 0 Å². The molecule has 0 amide bonds. The van der Waals surface area contributed by atoms with Crippen LogP contribution >= 0.6 is 0 Å². The van der Waals surface area contributed by atoms with E-state index < -0.39 is 0 Å². The van der Waals surface area contributed by atoms with E-state index in [1.165, 1.54) is 25.0 Å². The van der Waals surface area contributed by atoms with Gasteiger partial charge in [-0.3, -0.25) is 4.98 Å². The van der Waals surface area contributed by atoms with Crippen molar-refractivity contribution in [1.82, 2.24) is 4.98 Å². The van der Waals surface area contributed by atoms with E-state index in [1.54, 1.807) is 0 Å². The van der Waals surface area contributed by atoms with Gasteiger partial charge in [0.1, 0.15) is 0 Å². The second-order valence-corrected chi connectivity index (χ2v) is 4.21. The summed E-state index contributed by atoms with van der Waals surface area (Å²) in [6.45, 7) is 0. The molecule has 2 heteroatoms. The number of pyridine rings is 1. The Hall–Kier alpha value is -0.890. The third-order valence-corrected chi connectivity index (χ3v) is 2.92. The van der Waals surface area contributed by atoms with Crippen LogP contribution in [-0.2, 0) is 6.42 Å². The molecule has 1 aromatic rings. The largest absolute Gasteiger partial charge is 0.327 e. The maximum atomic E-state index is 6.02. The van der Waals surface area contributed by atoms with Crippen LogP contribution in [0.15, 0.2) is 24.4 Å². The fourth-order valence-corrected chi connectivity index (χ4v) is 1.82. The SMILES string of the molecule is NC(CCCc1ccccn1)C1CC1. The number of nitrogens with two attached hydrogens (primary N) is 1. The number of hydrogen-bond acceptors (Lipinski definition) is 2. The minimum absolute atomic E-state index is 0.443. The molecule has 1 fully saturated rings. The highest BCUT2D eigenvalue weighted by atomic mass is 14.7. The molecule has 76 valence electrons. The zero-order valence-electron chi connectivity index (χ0n) is 8.52. The zero-order chi connectivity index (χ0) is 9.80. The van der Waals surface area contributed by atoms with Gasteiger partial charge in [-0.05, 0) is 50.2 Å². The molecular formula is C12H18N2. The Morgan fingerprint density at radius 1 is 1.43 bits per heavy atom. The van der Waals surface area contributed by atoms with Crippen molar-refractivity contribution in [3.05, 3.63) is 30.1 Å². The van der Waals surface area contributed by atoms with Gasteiger partial charge in [0.15, 0.2) is 0 Å². The monoisotopic (exact) mass is 190 g/mol. The van der Waals surface area contributed by atoms with Crippen LogP contribution in [0, 0.1) is 5.92 Å². The molecule has 2 rings (SSSR count). The molecular weight excluding hydrogens is 172 g/mol. The van der Waals surface area contributed by atoms with E-state index in [9.17, 15) is 0 Å². The molecule has 2 nitrogen and oxygen atoms in total. The Kier molecular flexibility index (Phi) is 3.14. The summed E-state index contributed by atoms with van der Waals surface area (Å²) in [6.07, 6.45) is 7.96. The third kappa shape index (κ3) is 2.81. The first-order valence-corrected chi connectivity index (χ1v) is 5.52. The van der Waals surface area contributed by atoms with Gasteiger partial charge in [-0.25, -0.2) is 0 Å². The second-order valence-electron chi connectivity index (χ2n) is 4.21. The maximum Gasteiger partial charge on any atom is 0.0403 e. The first-order chi connectivity index (χ1) is 6.86.